The molecule has 0 bridgehead atoms. The third-order valence-electron chi connectivity index (χ3n) is 4.25. The SMILES string of the molecule is CCCON=C(CCC)c1cc(OC)c2c(OC)ccc(OC)c2c1OC. The summed E-state index contributed by atoms with van der Waals surface area (Å²) in [6.07, 6.45) is 2.57. The van der Waals surface area contributed by atoms with Gasteiger partial charge in [0.1, 0.15) is 29.6 Å². The van der Waals surface area contributed by atoms with Gasteiger partial charge in [-0.2, -0.15) is 0 Å². The molecule has 0 aliphatic rings. The molecule has 0 aliphatic carbocycles. The summed E-state index contributed by atoms with van der Waals surface area (Å²) in [5.41, 5.74) is 1.64. The van der Waals surface area contributed by atoms with Crippen LogP contribution in [0.5, 0.6) is 23.0 Å². The number of rotatable bonds is 10. The van der Waals surface area contributed by atoms with Gasteiger partial charge in [-0.15, -0.1) is 0 Å². The topological polar surface area (TPSA) is 58.5 Å². The molecule has 0 unspecified atom stereocenters. The van der Waals surface area contributed by atoms with Crippen LogP contribution in [0.4, 0.5) is 0 Å². The zero-order chi connectivity index (χ0) is 19.8. The molecule has 0 amide bonds. The van der Waals surface area contributed by atoms with Gasteiger partial charge in [-0.05, 0) is 31.0 Å². The van der Waals surface area contributed by atoms with E-state index in [-0.39, 0.29) is 0 Å². The normalized spacial score (nSPS) is 11.4. The Bertz CT molecular complexity index is 801. The second kappa shape index (κ2) is 9.90. The summed E-state index contributed by atoms with van der Waals surface area (Å²) in [5.74, 6) is 2.68. The van der Waals surface area contributed by atoms with Crippen molar-refractivity contribution in [1.82, 2.24) is 0 Å². The monoisotopic (exact) mass is 375 g/mol. The van der Waals surface area contributed by atoms with Gasteiger partial charge in [0.2, 0.25) is 0 Å². The van der Waals surface area contributed by atoms with Crippen LogP contribution in [0.1, 0.15) is 38.7 Å². The lowest BCUT2D eigenvalue weighted by Crippen LogP contribution is -2.07. The lowest BCUT2D eigenvalue weighted by Gasteiger charge is -2.19. The van der Waals surface area contributed by atoms with Gasteiger partial charge in [0, 0.05) is 5.56 Å². The minimum absolute atomic E-state index is 0.567. The first-order valence-electron chi connectivity index (χ1n) is 9.15. The van der Waals surface area contributed by atoms with E-state index in [0.29, 0.717) is 29.6 Å². The molecule has 2 rings (SSSR count). The van der Waals surface area contributed by atoms with E-state index in [1.807, 2.05) is 25.1 Å². The van der Waals surface area contributed by atoms with E-state index in [1.54, 1.807) is 28.4 Å². The molecule has 148 valence electrons. The van der Waals surface area contributed by atoms with Crippen LogP contribution in [-0.4, -0.2) is 40.8 Å². The van der Waals surface area contributed by atoms with Crippen LogP contribution in [0.3, 0.4) is 0 Å². The Labute approximate surface area is 161 Å². The fraction of sp³-hybridized carbons (Fsp3) is 0.476. The zero-order valence-electron chi connectivity index (χ0n) is 17.0. The van der Waals surface area contributed by atoms with Crippen LogP contribution >= 0.6 is 0 Å². The summed E-state index contributed by atoms with van der Waals surface area (Å²) < 4.78 is 22.6. The fourth-order valence-electron chi connectivity index (χ4n) is 3.05. The zero-order valence-corrected chi connectivity index (χ0v) is 17.0. The highest BCUT2D eigenvalue weighted by Gasteiger charge is 2.23. The molecule has 0 spiro atoms. The van der Waals surface area contributed by atoms with Crippen LogP contribution in [0.15, 0.2) is 23.4 Å². The summed E-state index contributed by atoms with van der Waals surface area (Å²) in [6, 6.07) is 5.64. The first-order valence-corrected chi connectivity index (χ1v) is 9.15. The van der Waals surface area contributed by atoms with E-state index in [1.165, 1.54) is 0 Å². The highest BCUT2D eigenvalue weighted by atomic mass is 16.6. The van der Waals surface area contributed by atoms with Gasteiger partial charge in [0.05, 0.1) is 44.9 Å². The van der Waals surface area contributed by atoms with Crippen molar-refractivity contribution in [3.05, 3.63) is 23.8 Å². The molecule has 0 aromatic heterocycles. The Morgan fingerprint density at radius 2 is 1.44 bits per heavy atom. The Morgan fingerprint density at radius 1 is 0.815 bits per heavy atom. The minimum Gasteiger partial charge on any atom is -0.496 e. The van der Waals surface area contributed by atoms with Gasteiger partial charge in [-0.1, -0.05) is 25.4 Å². The minimum atomic E-state index is 0.567. The van der Waals surface area contributed by atoms with Crippen molar-refractivity contribution in [3.63, 3.8) is 0 Å². The van der Waals surface area contributed by atoms with Crippen molar-refractivity contribution < 1.29 is 23.8 Å². The number of methoxy groups -OCH3 is 4. The smallest absolute Gasteiger partial charge is 0.140 e. The van der Waals surface area contributed by atoms with E-state index >= 15 is 0 Å². The summed E-state index contributed by atoms with van der Waals surface area (Å²) in [4.78, 5) is 5.47. The molecule has 2 aromatic rings. The second-order valence-corrected chi connectivity index (χ2v) is 6.00. The molecule has 0 N–H and O–H groups in total. The maximum Gasteiger partial charge on any atom is 0.140 e. The largest absolute Gasteiger partial charge is 0.496 e. The average molecular weight is 375 g/mol. The predicted molar refractivity (Wildman–Crippen MR) is 108 cm³/mol. The number of hydrogen-bond acceptors (Lipinski definition) is 6. The van der Waals surface area contributed by atoms with Crippen molar-refractivity contribution in [2.45, 2.75) is 33.1 Å². The van der Waals surface area contributed by atoms with E-state index in [9.17, 15) is 0 Å². The standard InChI is InChI=1S/C21H29NO5/c1-7-9-15(22-27-12-8-2)14-13-18(25-5)19-16(23-3)10-11-17(24-4)20(19)21(14)26-6/h10-11,13H,7-9,12H2,1-6H3. The fourth-order valence-corrected chi connectivity index (χ4v) is 3.05. The van der Waals surface area contributed by atoms with Crippen molar-refractivity contribution in [1.29, 1.82) is 0 Å². The molecule has 27 heavy (non-hydrogen) atoms. The summed E-state index contributed by atoms with van der Waals surface area (Å²) in [6.45, 7) is 4.72. The quantitative estimate of drug-likeness (QED) is 0.339. The molecule has 6 heteroatoms. The molecule has 0 atom stereocenters. The summed E-state index contributed by atoms with van der Waals surface area (Å²) in [7, 11) is 6.53. The maximum absolute atomic E-state index is 5.81. The van der Waals surface area contributed by atoms with Gasteiger partial charge < -0.3 is 23.8 Å². The molecule has 2 aromatic carbocycles. The predicted octanol–water partition coefficient (Wildman–Crippen LogP) is 4.81. The molecule has 0 aliphatic heterocycles. The second-order valence-electron chi connectivity index (χ2n) is 6.00. The molecule has 0 heterocycles. The summed E-state index contributed by atoms with van der Waals surface area (Å²) >= 11 is 0. The van der Waals surface area contributed by atoms with Gasteiger partial charge in [0.15, 0.2) is 0 Å². The van der Waals surface area contributed by atoms with Crippen LogP contribution < -0.4 is 18.9 Å². The third kappa shape index (κ3) is 4.21. The molecule has 6 nitrogen and oxygen atoms in total. The maximum atomic E-state index is 5.81. The Balaban J connectivity index is 2.85. The van der Waals surface area contributed by atoms with Crippen molar-refractivity contribution in [2.24, 2.45) is 5.16 Å². The highest BCUT2D eigenvalue weighted by Crippen LogP contribution is 2.46. The van der Waals surface area contributed by atoms with Crippen molar-refractivity contribution in [3.8, 4) is 23.0 Å². The van der Waals surface area contributed by atoms with Gasteiger partial charge in [-0.3, -0.25) is 0 Å². The van der Waals surface area contributed by atoms with E-state index in [0.717, 1.165) is 41.3 Å². The van der Waals surface area contributed by atoms with E-state index < -0.39 is 0 Å². The third-order valence-corrected chi connectivity index (χ3v) is 4.25. The highest BCUT2D eigenvalue weighted by molar-refractivity contribution is 6.12. The van der Waals surface area contributed by atoms with E-state index in [4.69, 9.17) is 23.8 Å². The van der Waals surface area contributed by atoms with Gasteiger partial charge >= 0.3 is 0 Å². The summed E-state index contributed by atoms with van der Waals surface area (Å²) in [5, 5.41) is 5.95. The Kier molecular flexibility index (Phi) is 7.58. The Morgan fingerprint density at radius 3 is 1.96 bits per heavy atom. The number of benzene rings is 2. The molecule has 0 fully saturated rings. The average Bonchev–Trinajstić information content (AvgIpc) is 2.71. The van der Waals surface area contributed by atoms with Crippen LogP contribution in [-0.2, 0) is 4.84 Å². The van der Waals surface area contributed by atoms with Gasteiger partial charge in [0.25, 0.3) is 0 Å². The number of fused-ring (bicyclic) bond motifs is 1. The van der Waals surface area contributed by atoms with Crippen molar-refractivity contribution in [2.75, 3.05) is 35.0 Å². The first kappa shape index (κ1) is 20.7. The lowest BCUT2D eigenvalue weighted by atomic mass is 9.97. The van der Waals surface area contributed by atoms with Crippen LogP contribution in [0.2, 0.25) is 0 Å². The van der Waals surface area contributed by atoms with Crippen LogP contribution in [0.25, 0.3) is 10.8 Å². The molecule has 0 saturated carbocycles. The molecule has 0 saturated heterocycles. The number of hydrogen-bond donors (Lipinski definition) is 0. The van der Waals surface area contributed by atoms with Crippen molar-refractivity contribution >= 4 is 16.5 Å². The first-order chi connectivity index (χ1) is 13.2. The Hall–Kier alpha value is -2.63. The number of oxime groups is 1. The van der Waals surface area contributed by atoms with E-state index in [2.05, 4.69) is 12.1 Å². The number of nitrogens with zero attached hydrogens (tertiary/aromatic N) is 1. The molecular weight excluding hydrogens is 346 g/mol. The molecular formula is C21H29NO5. The molecule has 0 radical (unpaired) electrons. The van der Waals surface area contributed by atoms with Gasteiger partial charge in [-0.25, -0.2) is 0 Å². The lowest BCUT2D eigenvalue weighted by molar-refractivity contribution is 0.144. The van der Waals surface area contributed by atoms with Crippen LogP contribution in [0, 0.1) is 0 Å². The number of ether oxygens (including phenoxy) is 4.